The molecule has 2 aromatic rings. The van der Waals surface area contributed by atoms with Gasteiger partial charge in [0, 0.05) is 31.7 Å². The van der Waals surface area contributed by atoms with Gasteiger partial charge in [0.2, 0.25) is 10.0 Å². The Morgan fingerprint density at radius 2 is 1.64 bits per heavy atom. The maximum Gasteiger partial charge on any atom is 0.345 e. The number of hydrogen-bond donors (Lipinski definition) is 0. The summed E-state index contributed by atoms with van der Waals surface area (Å²) in [6.07, 6.45) is 2.00. The van der Waals surface area contributed by atoms with Gasteiger partial charge >= 0.3 is 5.97 Å². The largest absolute Gasteiger partial charge is 0.423 e. The number of carbonyl (C=O) groups excluding carboxylic acids is 2. The molecule has 0 aliphatic carbocycles. The van der Waals surface area contributed by atoms with Crippen LogP contribution in [0.2, 0.25) is 0 Å². The van der Waals surface area contributed by atoms with Crippen LogP contribution in [0.3, 0.4) is 0 Å². The molecule has 8 heteroatoms. The van der Waals surface area contributed by atoms with E-state index in [-0.39, 0.29) is 16.2 Å². The Morgan fingerprint density at radius 1 is 1.03 bits per heavy atom. The summed E-state index contributed by atoms with van der Waals surface area (Å²) < 4.78 is 33.1. The van der Waals surface area contributed by atoms with E-state index < -0.39 is 16.0 Å². The topological polar surface area (TPSA) is 84.0 Å². The van der Waals surface area contributed by atoms with Gasteiger partial charge in [-0.05, 0) is 68.1 Å². The number of anilines is 1. The van der Waals surface area contributed by atoms with Crippen molar-refractivity contribution in [2.45, 2.75) is 45.4 Å². The second-order valence-corrected chi connectivity index (χ2v) is 10.3. The molecule has 3 rings (SSSR count). The summed E-state index contributed by atoms with van der Waals surface area (Å²) >= 11 is 0. The number of piperidine rings is 1. The van der Waals surface area contributed by atoms with E-state index in [0.717, 1.165) is 25.9 Å². The van der Waals surface area contributed by atoms with Gasteiger partial charge in [0.05, 0.1) is 16.1 Å². The number of carbonyl (C=O) groups is 2. The first-order valence-electron chi connectivity index (χ1n) is 11.4. The summed E-state index contributed by atoms with van der Waals surface area (Å²) in [7, 11) is -3.73. The molecule has 1 heterocycles. The lowest BCUT2D eigenvalue weighted by Gasteiger charge is -2.33. The molecule has 0 aromatic heterocycles. The molecule has 0 N–H and O–H groups in total. The van der Waals surface area contributed by atoms with Crippen LogP contribution in [0.1, 0.15) is 61.3 Å². The van der Waals surface area contributed by atoms with Gasteiger partial charge in [0.15, 0.2) is 5.78 Å². The van der Waals surface area contributed by atoms with E-state index in [0.29, 0.717) is 36.0 Å². The number of sulfonamides is 1. The Kier molecular flexibility index (Phi) is 7.92. The number of Topliss-reactive ketones (excluding diaryl/α,β-unsaturated/α-hetero) is 1. The zero-order valence-corrected chi connectivity index (χ0v) is 20.5. The molecule has 1 saturated heterocycles. The number of benzene rings is 2. The number of nitrogens with zero attached hydrogens (tertiary/aromatic N) is 2. The van der Waals surface area contributed by atoms with Crippen molar-refractivity contribution in [3.05, 3.63) is 53.6 Å². The third-order valence-corrected chi connectivity index (χ3v) is 8.17. The average Bonchev–Trinajstić information content (AvgIpc) is 2.80. The predicted octanol–water partition coefficient (Wildman–Crippen LogP) is 4.38. The molecule has 178 valence electrons. The molecule has 1 aliphatic heterocycles. The van der Waals surface area contributed by atoms with Crippen LogP contribution in [-0.2, 0) is 10.0 Å². The normalized spacial score (nSPS) is 15.0. The summed E-state index contributed by atoms with van der Waals surface area (Å²) in [4.78, 5) is 26.9. The second-order valence-electron chi connectivity index (χ2n) is 8.41. The quantitative estimate of drug-likeness (QED) is 0.322. The van der Waals surface area contributed by atoms with Crippen LogP contribution >= 0.6 is 0 Å². The van der Waals surface area contributed by atoms with Crippen LogP contribution in [0.5, 0.6) is 5.75 Å². The van der Waals surface area contributed by atoms with Gasteiger partial charge in [-0.2, -0.15) is 4.31 Å². The molecule has 0 radical (unpaired) electrons. The van der Waals surface area contributed by atoms with Crippen LogP contribution in [0.15, 0.2) is 47.4 Å². The molecule has 0 unspecified atom stereocenters. The first-order valence-corrected chi connectivity index (χ1v) is 12.8. The van der Waals surface area contributed by atoms with Crippen LogP contribution in [0.25, 0.3) is 0 Å². The molecule has 1 fully saturated rings. The predicted molar refractivity (Wildman–Crippen MR) is 129 cm³/mol. The highest BCUT2D eigenvalue weighted by atomic mass is 32.2. The van der Waals surface area contributed by atoms with Crippen molar-refractivity contribution >= 4 is 27.5 Å². The fraction of sp³-hybridized carbons (Fsp3) is 0.440. The maximum absolute atomic E-state index is 13.2. The number of ether oxygens (including phenoxy) is 1. The molecule has 1 aliphatic rings. The Balaban J connectivity index is 1.99. The molecule has 0 saturated carbocycles. The Labute approximate surface area is 196 Å². The minimum absolute atomic E-state index is 0.0687. The summed E-state index contributed by atoms with van der Waals surface area (Å²) in [6.45, 7) is 9.49. The molecule has 0 atom stereocenters. The van der Waals surface area contributed by atoms with E-state index in [1.54, 1.807) is 50.2 Å². The van der Waals surface area contributed by atoms with Crippen molar-refractivity contribution in [1.29, 1.82) is 0 Å². The minimum atomic E-state index is -3.73. The highest BCUT2D eigenvalue weighted by Gasteiger charge is 2.27. The van der Waals surface area contributed by atoms with E-state index in [2.05, 4.69) is 11.8 Å². The highest BCUT2D eigenvalue weighted by molar-refractivity contribution is 7.89. The highest BCUT2D eigenvalue weighted by Crippen LogP contribution is 2.30. The van der Waals surface area contributed by atoms with Gasteiger partial charge in [0.25, 0.3) is 0 Å². The fourth-order valence-corrected chi connectivity index (χ4v) is 5.48. The lowest BCUT2D eigenvalue weighted by Crippen LogP contribution is -2.34. The zero-order chi connectivity index (χ0) is 24.2. The van der Waals surface area contributed by atoms with Crippen LogP contribution in [-0.4, -0.2) is 50.7 Å². The van der Waals surface area contributed by atoms with Gasteiger partial charge in [-0.1, -0.05) is 20.8 Å². The Morgan fingerprint density at radius 3 is 2.18 bits per heavy atom. The molecule has 0 amide bonds. The van der Waals surface area contributed by atoms with Crippen molar-refractivity contribution in [3.63, 3.8) is 0 Å². The van der Waals surface area contributed by atoms with Crippen molar-refractivity contribution in [2.75, 3.05) is 31.1 Å². The fourth-order valence-electron chi connectivity index (χ4n) is 4.00. The molecular weight excluding hydrogens is 440 g/mol. The number of esters is 1. The number of hydrogen-bond acceptors (Lipinski definition) is 6. The summed E-state index contributed by atoms with van der Waals surface area (Å²) in [6, 6.07) is 11.0. The molecule has 0 bridgehead atoms. The molecule has 2 aromatic carbocycles. The van der Waals surface area contributed by atoms with E-state index >= 15 is 0 Å². The lowest BCUT2D eigenvalue weighted by molar-refractivity contribution is 0.0735. The number of ketones is 1. The SMILES string of the molecule is CCN(CC)S(=O)(=O)c1ccc(N2CCC(C)CC2)c(C(=O)Oc2ccc(C(C)=O)cc2)c1. The van der Waals surface area contributed by atoms with E-state index in [1.165, 1.54) is 17.3 Å². The molecule has 33 heavy (non-hydrogen) atoms. The molecule has 0 spiro atoms. The molecule has 7 nitrogen and oxygen atoms in total. The van der Waals surface area contributed by atoms with Gasteiger partial charge in [-0.3, -0.25) is 4.79 Å². The number of rotatable bonds is 8. The van der Waals surface area contributed by atoms with Gasteiger partial charge in [-0.25, -0.2) is 13.2 Å². The van der Waals surface area contributed by atoms with Crippen molar-refractivity contribution in [2.24, 2.45) is 5.92 Å². The summed E-state index contributed by atoms with van der Waals surface area (Å²) in [5.41, 5.74) is 1.41. The first kappa shape index (κ1) is 24.9. The van der Waals surface area contributed by atoms with Crippen LogP contribution < -0.4 is 9.64 Å². The standard InChI is InChI=1S/C25H32N2O5S/c1-5-27(6-2)33(30,31)22-11-12-24(26-15-13-18(3)14-16-26)23(17-22)25(29)32-21-9-7-20(8-10-21)19(4)28/h7-12,17-18H,5-6,13-16H2,1-4H3. The zero-order valence-electron chi connectivity index (χ0n) is 19.7. The minimum Gasteiger partial charge on any atom is -0.423 e. The Hall–Kier alpha value is -2.71. The monoisotopic (exact) mass is 472 g/mol. The van der Waals surface area contributed by atoms with Gasteiger partial charge in [0.1, 0.15) is 5.75 Å². The smallest absolute Gasteiger partial charge is 0.345 e. The lowest BCUT2D eigenvalue weighted by atomic mass is 9.98. The summed E-state index contributed by atoms with van der Waals surface area (Å²) in [5, 5.41) is 0. The van der Waals surface area contributed by atoms with Crippen LogP contribution in [0, 0.1) is 5.92 Å². The van der Waals surface area contributed by atoms with Gasteiger partial charge in [-0.15, -0.1) is 0 Å². The van der Waals surface area contributed by atoms with E-state index in [4.69, 9.17) is 4.74 Å². The van der Waals surface area contributed by atoms with Crippen molar-refractivity contribution in [1.82, 2.24) is 4.31 Å². The third-order valence-electron chi connectivity index (χ3n) is 6.13. The van der Waals surface area contributed by atoms with E-state index in [1.807, 2.05) is 0 Å². The summed E-state index contributed by atoms with van der Waals surface area (Å²) in [5.74, 6) is 0.193. The second kappa shape index (κ2) is 10.5. The maximum atomic E-state index is 13.2. The van der Waals surface area contributed by atoms with Gasteiger partial charge < -0.3 is 9.64 Å². The van der Waals surface area contributed by atoms with E-state index in [9.17, 15) is 18.0 Å². The third kappa shape index (κ3) is 5.62. The Bertz CT molecular complexity index is 1100. The van der Waals surface area contributed by atoms with Crippen molar-refractivity contribution < 1.29 is 22.7 Å². The molecular formula is C25H32N2O5S. The first-order chi connectivity index (χ1) is 15.7. The van der Waals surface area contributed by atoms with Crippen molar-refractivity contribution in [3.8, 4) is 5.75 Å². The van der Waals surface area contributed by atoms with Crippen LogP contribution in [0.4, 0.5) is 5.69 Å². The average molecular weight is 473 g/mol.